The minimum absolute atomic E-state index is 0.000563. The van der Waals surface area contributed by atoms with Gasteiger partial charge in [0.25, 0.3) is 0 Å². The Hall–Kier alpha value is -2.60. The largest absolute Gasteiger partial charge is 0.349 e. The highest BCUT2D eigenvalue weighted by Gasteiger charge is 2.29. The first kappa shape index (κ1) is 18.7. The summed E-state index contributed by atoms with van der Waals surface area (Å²) in [6.45, 7) is 2.01. The molecule has 1 saturated carbocycles. The van der Waals surface area contributed by atoms with E-state index < -0.39 is 0 Å². The molecule has 0 bridgehead atoms. The number of aromatic nitrogens is 3. The number of amides is 1. The number of benzene rings is 2. The standard InChI is InChI=1S/C22H24N4OS/c1-15(16-8-10-18(11-9-16)17-6-4-3-5-7-17)23-20(27)14-28-22-25-24-21(26(22)2)19-12-13-19/h3-11,15,19H,12-14H2,1-2H3,(H,23,27)/t15-/m1/s1. The molecule has 1 atom stereocenters. The van der Waals surface area contributed by atoms with Crippen LogP contribution in [0.1, 0.15) is 43.1 Å². The molecule has 2 aromatic carbocycles. The maximum absolute atomic E-state index is 12.4. The maximum Gasteiger partial charge on any atom is 0.230 e. The maximum atomic E-state index is 12.4. The summed E-state index contributed by atoms with van der Waals surface area (Å²) in [5.74, 6) is 1.93. The Bertz CT molecular complexity index is 948. The van der Waals surface area contributed by atoms with Crippen molar-refractivity contribution >= 4 is 17.7 Å². The molecule has 0 unspecified atom stereocenters. The first-order chi connectivity index (χ1) is 13.6. The van der Waals surface area contributed by atoms with E-state index in [0.29, 0.717) is 11.7 Å². The molecule has 0 spiro atoms. The Kier molecular flexibility index (Phi) is 5.48. The van der Waals surface area contributed by atoms with Crippen LogP contribution in [0.2, 0.25) is 0 Å². The van der Waals surface area contributed by atoms with Crippen molar-refractivity contribution in [1.82, 2.24) is 20.1 Å². The Morgan fingerprint density at radius 1 is 1.11 bits per heavy atom. The SMILES string of the molecule is C[C@@H](NC(=O)CSc1nnc(C2CC2)n1C)c1ccc(-c2ccccc2)cc1. The number of nitrogens with one attached hydrogen (secondary N) is 1. The summed E-state index contributed by atoms with van der Waals surface area (Å²) in [6.07, 6.45) is 2.38. The second kappa shape index (κ2) is 8.19. The van der Waals surface area contributed by atoms with Crippen molar-refractivity contribution in [3.63, 3.8) is 0 Å². The topological polar surface area (TPSA) is 59.8 Å². The highest BCUT2D eigenvalue weighted by atomic mass is 32.2. The first-order valence-corrected chi connectivity index (χ1v) is 10.6. The van der Waals surface area contributed by atoms with Crippen LogP contribution < -0.4 is 5.32 Å². The van der Waals surface area contributed by atoms with Crippen molar-refractivity contribution in [2.24, 2.45) is 7.05 Å². The van der Waals surface area contributed by atoms with Gasteiger partial charge >= 0.3 is 0 Å². The van der Waals surface area contributed by atoms with Gasteiger partial charge in [-0.15, -0.1) is 10.2 Å². The van der Waals surface area contributed by atoms with E-state index in [1.54, 1.807) is 0 Å². The molecule has 28 heavy (non-hydrogen) atoms. The number of hydrogen-bond donors (Lipinski definition) is 1. The van der Waals surface area contributed by atoms with Crippen LogP contribution in [0.15, 0.2) is 59.8 Å². The number of rotatable bonds is 7. The molecule has 0 saturated heterocycles. The summed E-state index contributed by atoms with van der Waals surface area (Å²) in [6, 6.07) is 18.6. The van der Waals surface area contributed by atoms with Gasteiger partial charge in [0.1, 0.15) is 5.82 Å². The van der Waals surface area contributed by atoms with Crippen molar-refractivity contribution in [3.8, 4) is 11.1 Å². The van der Waals surface area contributed by atoms with Gasteiger partial charge in [-0.3, -0.25) is 4.79 Å². The van der Waals surface area contributed by atoms with E-state index in [1.807, 2.05) is 36.7 Å². The van der Waals surface area contributed by atoms with E-state index in [1.165, 1.54) is 35.7 Å². The number of nitrogens with zero attached hydrogens (tertiary/aromatic N) is 3. The van der Waals surface area contributed by atoms with E-state index in [0.717, 1.165) is 16.5 Å². The summed E-state index contributed by atoms with van der Waals surface area (Å²) >= 11 is 1.44. The van der Waals surface area contributed by atoms with Gasteiger partial charge < -0.3 is 9.88 Å². The Labute approximate surface area is 169 Å². The molecule has 1 heterocycles. The van der Waals surface area contributed by atoms with Crippen LogP contribution in [-0.4, -0.2) is 26.4 Å². The molecule has 4 rings (SSSR count). The van der Waals surface area contributed by atoms with Crippen LogP contribution in [0.25, 0.3) is 11.1 Å². The third kappa shape index (κ3) is 4.28. The molecule has 0 aliphatic heterocycles. The van der Waals surface area contributed by atoms with Crippen molar-refractivity contribution in [3.05, 3.63) is 66.0 Å². The number of carbonyl (C=O) groups is 1. The van der Waals surface area contributed by atoms with Crippen molar-refractivity contribution in [2.45, 2.75) is 36.9 Å². The second-order valence-electron chi connectivity index (χ2n) is 7.24. The van der Waals surface area contributed by atoms with Gasteiger partial charge in [0, 0.05) is 13.0 Å². The molecule has 1 N–H and O–H groups in total. The Morgan fingerprint density at radius 2 is 1.79 bits per heavy atom. The normalized spacial score (nSPS) is 14.6. The van der Waals surface area contributed by atoms with Crippen molar-refractivity contribution < 1.29 is 4.79 Å². The predicted molar refractivity (Wildman–Crippen MR) is 112 cm³/mol. The van der Waals surface area contributed by atoms with Gasteiger partial charge in [-0.25, -0.2) is 0 Å². The lowest BCUT2D eigenvalue weighted by atomic mass is 10.0. The molecule has 1 fully saturated rings. The molecular weight excluding hydrogens is 368 g/mol. The van der Waals surface area contributed by atoms with Gasteiger partial charge in [-0.1, -0.05) is 66.4 Å². The number of carbonyl (C=O) groups excluding carboxylic acids is 1. The molecule has 1 aliphatic rings. The van der Waals surface area contributed by atoms with E-state index in [2.05, 4.69) is 51.9 Å². The second-order valence-corrected chi connectivity index (χ2v) is 8.18. The zero-order chi connectivity index (χ0) is 19.5. The molecule has 0 radical (unpaired) electrons. The fraction of sp³-hybridized carbons (Fsp3) is 0.318. The van der Waals surface area contributed by atoms with Crippen LogP contribution in [0.5, 0.6) is 0 Å². The van der Waals surface area contributed by atoms with E-state index >= 15 is 0 Å². The summed E-state index contributed by atoms with van der Waals surface area (Å²) in [5, 5.41) is 12.4. The van der Waals surface area contributed by atoms with Crippen LogP contribution in [0, 0.1) is 0 Å². The zero-order valence-electron chi connectivity index (χ0n) is 16.1. The van der Waals surface area contributed by atoms with Crippen LogP contribution in [0.3, 0.4) is 0 Å². The van der Waals surface area contributed by atoms with Crippen molar-refractivity contribution in [2.75, 3.05) is 5.75 Å². The van der Waals surface area contributed by atoms with E-state index in [4.69, 9.17) is 0 Å². The highest BCUT2D eigenvalue weighted by Crippen LogP contribution is 2.39. The average Bonchev–Trinajstić information content (AvgIpc) is 3.50. The molecular formula is C22H24N4OS. The van der Waals surface area contributed by atoms with Gasteiger partial charge in [0.2, 0.25) is 5.91 Å². The average molecular weight is 393 g/mol. The highest BCUT2D eigenvalue weighted by molar-refractivity contribution is 7.99. The Morgan fingerprint density at radius 3 is 2.46 bits per heavy atom. The minimum Gasteiger partial charge on any atom is -0.349 e. The molecule has 6 heteroatoms. The quantitative estimate of drug-likeness (QED) is 0.608. The number of hydrogen-bond acceptors (Lipinski definition) is 4. The van der Waals surface area contributed by atoms with Gasteiger partial charge in [-0.05, 0) is 36.5 Å². The van der Waals surface area contributed by atoms with Gasteiger partial charge in [0.05, 0.1) is 11.8 Å². The Balaban J connectivity index is 1.31. The van der Waals surface area contributed by atoms with E-state index in [-0.39, 0.29) is 11.9 Å². The fourth-order valence-corrected chi connectivity index (χ4v) is 3.97. The lowest BCUT2D eigenvalue weighted by Crippen LogP contribution is -2.28. The van der Waals surface area contributed by atoms with E-state index in [9.17, 15) is 4.79 Å². The summed E-state index contributed by atoms with van der Waals surface area (Å²) in [5.41, 5.74) is 3.45. The van der Waals surface area contributed by atoms with Gasteiger partial charge in [-0.2, -0.15) is 0 Å². The molecule has 1 aromatic heterocycles. The zero-order valence-corrected chi connectivity index (χ0v) is 16.9. The monoisotopic (exact) mass is 392 g/mol. The summed E-state index contributed by atoms with van der Waals surface area (Å²) < 4.78 is 2.02. The molecule has 1 aliphatic carbocycles. The predicted octanol–water partition coefficient (Wildman–Crippen LogP) is 4.33. The lowest BCUT2D eigenvalue weighted by Gasteiger charge is -2.15. The van der Waals surface area contributed by atoms with Gasteiger partial charge in [0.15, 0.2) is 5.16 Å². The lowest BCUT2D eigenvalue weighted by molar-refractivity contribution is -0.119. The van der Waals surface area contributed by atoms with Crippen LogP contribution in [0.4, 0.5) is 0 Å². The van der Waals surface area contributed by atoms with Crippen molar-refractivity contribution in [1.29, 1.82) is 0 Å². The minimum atomic E-state index is -0.0422. The number of thioether (sulfide) groups is 1. The summed E-state index contributed by atoms with van der Waals surface area (Å²) in [4.78, 5) is 12.4. The molecule has 144 valence electrons. The molecule has 3 aromatic rings. The fourth-order valence-electron chi connectivity index (χ4n) is 3.24. The van der Waals surface area contributed by atoms with Crippen LogP contribution >= 0.6 is 11.8 Å². The third-order valence-corrected chi connectivity index (χ3v) is 6.06. The summed E-state index contributed by atoms with van der Waals surface area (Å²) in [7, 11) is 1.98. The smallest absolute Gasteiger partial charge is 0.230 e. The molecule has 1 amide bonds. The van der Waals surface area contributed by atoms with Crippen LogP contribution in [-0.2, 0) is 11.8 Å². The third-order valence-electron chi connectivity index (χ3n) is 5.04. The first-order valence-electron chi connectivity index (χ1n) is 9.58. The molecule has 5 nitrogen and oxygen atoms in total.